The average molecular weight is 254 g/mol. The molecule has 0 aliphatic rings. The van der Waals surface area contributed by atoms with Gasteiger partial charge in [-0.3, -0.25) is 0 Å². The molecular formula is C13H18O3S. The van der Waals surface area contributed by atoms with E-state index in [9.17, 15) is 4.79 Å². The van der Waals surface area contributed by atoms with E-state index in [0.29, 0.717) is 5.56 Å². The highest BCUT2D eigenvalue weighted by Gasteiger charge is 2.01. The highest BCUT2D eigenvalue weighted by molar-refractivity contribution is 7.99. The molecule has 0 aliphatic carbocycles. The summed E-state index contributed by atoms with van der Waals surface area (Å²) in [6.45, 7) is 3.71. The Morgan fingerprint density at radius 1 is 1.29 bits per heavy atom. The molecule has 1 rings (SSSR count). The molecule has 0 aromatic heterocycles. The summed E-state index contributed by atoms with van der Waals surface area (Å²) < 4.78 is 5.44. The van der Waals surface area contributed by atoms with Gasteiger partial charge in [0.25, 0.3) is 0 Å². The average Bonchev–Trinajstić information content (AvgIpc) is 2.34. The highest BCUT2D eigenvalue weighted by atomic mass is 32.2. The molecule has 0 aliphatic heterocycles. The Hall–Kier alpha value is -1.00. The van der Waals surface area contributed by atoms with Crippen molar-refractivity contribution in [2.45, 2.75) is 24.7 Å². The number of ether oxygens (including phenoxy) is 1. The molecule has 17 heavy (non-hydrogen) atoms. The smallest absolute Gasteiger partial charge is 0.335 e. The van der Waals surface area contributed by atoms with Gasteiger partial charge in [-0.25, -0.2) is 4.79 Å². The minimum absolute atomic E-state index is 0.327. The molecule has 0 fully saturated rings. The van der Waals surface area contributed by atoms with Crippen molar-refractivity contribution < 1.29 is 14.6 Å². The van der Waals surface area contributed by atoms with Crippen LogP contribution in [-0.4, -0.2) is 30.0 Å². The zero-order valence-corrected chi connectivity index (χ0v) is 10.8. The fourth-order valence-corrected chi connectivity index (χ4v) is 2.03. The number of carboxylic acids is 1. The van der Waals surface area contributed by atoms with Crippen molar-refractivity contribution in [2.24, 2.45) is 0 Å². The molecule has 1 aromatic carbocycles. The van der Waals surface area contributed by atoms with Gasteiger partial charge in [0, 0.05) is 17.3 Å². The molecule has 1 aromatic rings. The summed E-state index contributed by atoms with van der Waals surface area (Å²) in [4.78, 5) is 11.7. The molecule has 0 saturated heterocycles. The lowest BCUT2D eigenvalue weighted by molar-refractivity contribution is 0.0697. The molecule has 0 radical (unpaired) electrons. The second kappa shape index (κ2) is 8.14. The van der Waals surface area contributed by atoms with E-state index in [-0.39, 0.29) is 0 Å². The van der Waals surface area contributed by atoms with Crippen LogP contribution in [0, 0.1) is 0 Å². The van der Waals surface area contributed by atoms with Gasteiger partial charge in [-0.15, -0.1) is 11.8 Å². The molecule has 3 nitrogen and oxygen atoms in total. The van der Waals surface area contributed by atoms with E-state index in [1.807, 2.05) is 12.1 Å². The Morgan fingerprint density at radius 3 is 2.59 bits per heavy atom. The van der Waals surface area contributed by atoms with Crippen molar-refractivity contribution in [3.8, 4) is 0 Å². The third-order valence-electron chi connectivity index (χ3n) is 2.24. The Labute approximate surface area is 106 Å². The van der Waals surface area contributed by atoms with Crippen molar-refractivity contribution in [3.63, 3.8) is 0 Å². The predicted octanol–water partition coefficient (Wildman–Crippen LogP) is 3.29. The first-order valence-electron chi connectivity index (χ1n) is 5.78. The normalized spacial score (nSPS) is 10.4. The SMILES string of the molecule is CCCCOCCSc1ccc(C(=O)O)cc1. The van der Waals surface area contributed by atoms with Gasteiger partial charge in [0.15, 0.2) is 0 Å². The molecule has 4 heteroatoms. The fourth-order valence-electron chi connectivity index (χ4n) is 1.26. The number of hydrogen-bond acceptors (Lipinski definition) is 3. The molecule has 0 amide bonds. The molecule has 0 unspecified atom stereocenters. The first kappa shape index (κ1) is 14.1. The Balaban J connectivity index is 2.21. The molecule has 0 atom stereocenters. The van der Waals surface area contributed by atoms with Crippen LogP contribution in [-0.2, 0) is 4.74 Å². The molecule has 0 spiro atoms. The van der Waals surface area contributed by atoms with Gasteiger partial charge in [-0.05, 0) is 30.7 Å². The number of benzene rings is 1. The molecule has 0 bridgehead atoms. The van der Waals surface area contributed by atoms with Crippen molar-refractivity contribution in [2.75, 3.05) is 19.0 Å². The van der Waals surface area contributed by atoms with Crippen LogP contribution in [0.5, 0.6) is 0 Å². The summed E-state index contributed by atoms with van der Waals surface area (Å²) in [6, 6.07) is 6.92. The zero-order valence-electron chi connectivity index (χ0n) is 10.0. The Bertz CT molecular complexity index is 335. The largest absolute Gasteiger partial charge is 0.478 e. The lowest BCUT2D eigenvalue weighted by Gasteiger charge is -2.03. The summed E-state index contributed by atoms with van der Waals surface area (Å²) in [5.74, 6) is 0.0142. The topological polar surface area (TPSA) is 46.5 Å². The van der Waals surface area contributed by atoms with Crippen LogP contribution < -0.4 is 0 Å². The minimum atomic E-state index is -0.885. The molecule has 0 saturated carbocycles. The van der Waals surface area contributed by atoms with Gasteiger partial charge >= 0.3 is 5.97 Å². The van der Waals surface area contributed by atoms with Crippen molar-refractivity contribution in [1.82, 2.24) is 0 Å². The Kier molecular flexibility index (Phi) is 6.74. The number of thioether (sulfide) groups is 1. The maximum Gasteiger partial charge on any atom is 0.335 e. The standard InChI is InChI=1S/C13H18O3S/c1-2-3-8-16-9-10-17-12-6-4-11(5-7-12)13(14)15/h4-7H,2-3,8-10H2,1H3,(H,14,15). The van der Waals surface area contributed by atoms with Crippen molar-refractivity contribution >= 4 is 17.7 Å². The Morgan fingerprint density at radius 2 is 2.00 bits per heavy atom. The summed E-state index contributed by atoms with van der Waals surface area (Å²) in [5, 5.41) is 8.75. The fraction of sp³-hybridized carbons (Fsp3) is 0.462. The number of unbranched alkanes of at least 4 members (excludes halogenated alkanes) is 1. The van der Waals surface area contributed by atoms with E-state index in [1.54, 1.807) is 23.9 Å². The van der Waals surface area contributed by atoms with Gasteiger partial charge < -0.3 is 9.84 Å². The van der Waals surface area contributed by atoms with Crippen molar-refractivity contribution in [3.05, 3.63) is 29.8 Å². The van der Waals surface area contributed by atoms with Crippen LogP contribution in [0.15, 0.2) is 29.2 Å². The van der Waals surface area contributed by atoms with E-state index in [0.717, 1.165) is 36.7 Å². The monoisotopic (exact) mass is 254 g/mol. The van der Waals surface area contributed by atoms with Gasteiger partial charge in [0.05, 0.1) is 12.2 Å². The second-order valence-electron chi connectivity index (χ2n) is 3.64. The zero-order chi connectivity index (χ0) is 12.5. The first-order chi connectivity index (χ1) is 8.24. The molecule has 1 N–H and O–H groups in total. The molecule has 94 valence electrons. The number of aromatic carboxylic acids is 1. The number of rotatable bonds is 8. The van der Waals surface area contributed by atoms with Crippen LogP contribution in [0.4, 0.5) is 0 Å². The minimum Gasteiger partial charge on any atom is -0.478 e. The van der Waals surface area contributed by atoms with Crippen LogP contribution in [0.1, 0.15) is 30.1 Å². The third-order valence-corrected chi connectivity index (χ3v) is 3.22. The lowest BCUT2D eigenvalue weighted by Crippen LogP contribution is -1.99. The van der Waals surface area contributed by atoms with Gasteiger partial charge in [0.2, 0.25) is 0 Å². The van der Waals surface area contributed by atoms with E-state index in [1.165, 1.54) is 0 Å². The van der Waals surface area contributed by atoms with Crippen molar-refractivity contribution in [1.29, 1.82) is 0 Å². The predicted molar refractivity (Wildman–Crippen MR) is 69.9 cm³/mol. The number of carbonyl (C=O) groups is 1. The van der Waals surface area contributed by atoms with E-state index in [2.05, 4.69) is 6.92 Å². The highest BCUT2D eigenvalue weighted by Crippen LogP contribution is 2.18. The van der Waals surface area contributed by atoms with Crippen LogP contribution >= 0.6 is 11.8 Å². The van der Waals surface area contributed by atoms with Crippen LogP contribution in [0.25, 0.3) is 0 Å². The lowest BCUT2D eigenvalue weighted by atomic mass is 10.2. The summed E-state index contributed by atoms with van der Waals surface area (Å²) in [7, 11) is 0. The quantitative estimate of drug-likeness (QED) is 0.571. The van der Waals surface area contributed by atoms with Gasteiger partial charge in [-0.2, -0.15) is 0 Å². The van der Waals surface area contributed by atoms with E-state index in [4.69, 9.17) is 9.84 Å². The number of carboxylic acid groups (broad SMARTS) is 1. The van der Waals surface area contributed by atoms with E-state index < -0.39 is 5.97 Å². The number of hydrogen-bond donors (Lipinski definition) is 1. The molecular weight excluding hydrogens is 236 g/mol. The van der Waals surface area contributed by atoms with Crippen LogP contribution in [0.3, 0.4) is 0 Å². The maximum absolute atomic E-state index is 10.6. The van der Waals surface area contributed by atoms with E-state index >= 15 is 0 Å². The summed E-state index contributed by atoms with van der Waals surface area (Å²) in [5.41, 5.74) is 0.327. The first-order valence-corrected chi connectivity index (χ1v) is 6.76. The summed E-state index contributed by atoms with van der Waals surface area (Å²) in [6.07, 6.45) is 2.27. The van der Waals surface area contributed by atoms with Crippen LogP contribution in [0.2, 0.25) is 0 Å². The molecule has 0 heterocycles. The summed E-state index contributed by atoms with van der Waals surface area (Å²) >= 11 is 1.68. The second-order valence-corrected chi connectivity index (χ2v) is 4.81. The third kappa shape index (κ3) is 5.75. The van der Waals surface area contributed by atoms with Gasteiger partial charge in [-0.1, -0.05) is 13.3 Å². The van der Waals surface area contributed by atoms with Gasteiger partial charge in [0.1, 0.15) is 0 Å². The maximum atomic E-state index is 10.6.